The maximum absolute atomic E-state index is 13.5. The van der Waals surface area contributed by atoms with E-state index in [1.165, 1.54) is 17.7 Å². The molecule has 1 aliphatic heterocycles. The van der Waals surface area contributed by atoms with Crippen molar-refractivity contribution in [3.05, 3.63) is 0 Å². The van der Waals surface area contributed by atoms with Crippen molar-refractivity contribution >= 4 is 29.7 Å². The van der Waals surface area contributed by atoms with Gasteiger partial charge >= 0.3 is 12.0 Å². The molecule has 1 saturated heterocycles. The van der Waals surface area contributed by atoms with E-state index in [0.29, 0.717) is 31.6 Å². The van der Waals surface area contributed by atoms with Crippen LogP contribution in [0.15, 0.2) is 0 Å². The van der Waals surface area contributed by atoms with Crippen LogP contribution in [0, 0.1) is 17.8 Å². The molecule has 0 aromatic carbocycles. The zero-order chi connectivity index (χ0) is 29.7. The van der Waals surface area contributed by atoms with Gasteiger partial charge < -0.3 is 30.9 Å². The number of hydrogen-bond donors (Lipinski definition) is 4. The van der Waals surface area contributed by atoms with Gasteiger partial charge in [-0.05, 0) is 76.5 Å². The summed E-state index contributed by atoms with van der Waals surface area (Å²) >= 11 is 0. The molecule has 0 spiro atoms. The largest absolute Gasteiger partial charge is 0.481 e. The predicted molar refractivity (Wildman–Crippen MR) is 153 cm³/mol. The third-order valence-electron chi connectivity index (χ3n) is 10.1. The molecule has 0 bridgehead atoms. The Hall–Kier alpha value is -2.85. The molecule has 5 amide bonds. The number of hydrogen-bond acceptors (Lipinski definition) is 5. The van der Waals surface area contributed by atoms with E-state index in [2.05, 4.69) is 22.9 Å². The van der Waals surface area contributed by atoms with E-state index >= 15 is 0 Å². The predicted octanol–water partition coefficient (Wildman–Crippen LogP) is 2.63. The van der Waals surface area contributed by atoms with Crippen LogP contribution in [0.1, 0.15) is 97.3 Å². The molecule has 6 atom stereocenters. The minimum Gasteiger partial charge on any atom is -0.481 e. The second-order valence-electron chi connectivity index (χ2n) is 13.0. The summed E-state index contributed by atoms with van der Waals surface area (Å²) in [6.07, 6.45) is 10.1. The van der Waals surface area contributed by atoms with Crippen molar-refractivity contribution in [1.82, 2.24) is 25.8 Å². The molecule has 0 radical (unpaired) electrons. The molecule has 230 valence electrons. The molecule has 11 nitrogen and oxygen atoms in total. The molecule has 0 aromatic rings. The molecular formula is C30H49N5O6. The molecule has 3 aliphatic carbocycles. The van der Waals surface area contributed by atoms with Crippen molar-refractivity contribution < 1.29 is 29.1 Å². The summed E-state index contributed by atoms with van der Waals surface area (Å²) < 4.78 is 0. The Labute approximate surface area is 243 Å². The van der Waals surface area contributed by atoms with Gasteiger partial charge in [-0.15, -0.1) is 0 Å². The van der Waals surface area contributed by atoms with Gasteiger partial charge in [0.2, 0.25) is 17.7 Å². The summed E-state index contributed by atoms with van der Waals surface area (Å²) in [6.45, 7) is 3.86. The lowest BCUT2D eigenvalue weighted by Gasteiger charge is -2.39. The number of likely N-dealkylation sites (N-methyl/N-ethyl adjacent to an activating group) is 1. The number of rotatable bonds is 8. The van der Waals surface area contributed by atoms with Gasteiger partial charge in [0.1, 0.15) is 6.04 Å². The van der Waals surface area contributed by atoms with Crippen molar-refractivity contribution in [2.24, 2.45) is 17.8 Å². The van der Waals surface area contributed by atoms with Crippen LogP contribution in [-0.2, 0) is 19.2 Å². The first-order chi connectivity index (χ1) is 19.5. The zero-order valence-corrected chi connectivity index (χ0v) is 24.9. The van der Waals surface area contributed by atoms with Crippen LogP contribution >= 0.6 is 0 Å². The van der Waals surface area contributed by atoms with Gasteiger partial charge in [0.15, 0.2) is 0 Å². The second-order valence-corrected chi connectivity index (χ2v) is 13.0. The standard InChI is InChI=1S/C30H49N5O6/c1-18-6-4-5-7-24(18)33-30(41)32-21-10-8-20(9-11-21)16-26(36)31-22-12-13-25-23(17-22)29(40)35(15-14-27(37)38)19(2)28(39)34(25)3/h18-25H,4-17H2,1-3H3,(H,31,36)(H,37,38)(H2,32,33,41). The molecule has 11 heteroatoms. The Balaban J connectivity index is 1.23. The lowest BCUT2D eigenvalue weighted by molar-refractivity contribution is -0.144. The first-order valence-corrected chi connectivity index (χ1v) is 15.7. The lowest BCUT2D eigenvalue weighted by atomic mass is 9.79. The van der Waals surface area contributed by atoms with Crippen LogP contribution in [0.4, 0.5) is 4.79 Å². The second kappa shape index (κ2) is 13.9. The minimum atomic E-state index is -1.01. The Bertz CT molecular complexity index is 982. The number of aliphatic carboxylic acids is 1. The maximum Gasteiger partial charge on any atom is 0.315 e. The van der Waals surface area contributed by atoms with Crippen LogP contribution in [0.3, 0.4) is 0 Å². The third-order valence-corrected chi connectivity index (χ3v) is 10.1. The molecule has 4 N–H and O–H groups in total. The topological polar surface area (TPSA) is 148 Å². The Morgan fingerprint density at radius 2 is 1.54 bits per heavy atom. The van der Waals surface area contributed by atoms with Crippen LogP contribution < -0.4 is 16.0 Å². The minimum absolute atomic E-state index is 0.00590. The fraction of sp³-hybridized carbons (Fsp3) is 0.833. The maximum atomic E-state index is 13.5. The van der Waals surface area contributed by atoms with Crippen LogP contribution in [0.5, 0.6) is 0 Å². The van der Waals surface area contributed by atoms with E-state index < -0.39 is 17.9 Å². The van der Waals surface area contributed by atoms with E-state index in [9.17, 15) is 24.0 Å². The third kappa shape index (κ3) is 7.92. The summed E-state index contributed by atoms with van der Waals surface area (Å²) in [5.74, 6) is -1.09. The summed E-state index contributed by atoms with van der Waals surface area (Å²) in [4.78, 5) is 66.2. The number of nitrogens with one attached hydrogen (secondary N) is 3. The molecule has 1 heterocycles. The number of amides is 5. The molecule has 41 heavy (non-hydrogen) atoms. The van der Waals surface area contributed by atoms with E-state index in [1.807, 2.05) is 0 Å². The summed E-state index contributed by atoms with van der Waals surface area (Å²) in [7, 11) is 1.72. The van der Waals surface area contributed by atoms with Gasteiger partial charge in [-0.2, -0.15) is 0 Å². The number of fused-ring (bicyclic) bond motifs is 1. The highest BCUT2D eigenvalue weighted by molar-refractivity contribution is 5.91. The van der Waals surface area contributed by atoms with Crippen molar-refractivity contribution in [3.63, 3.8) is 0 Å². The molecule has 3 saturated carbocycles. The van der Waals surface area contributed by atoms with Crippen molar-refractivity contribution in [2.75, 3.05) is 13.6 Å². The molecule has 4 rings (SSSR count). The van der Waals surface area contributed by atoms with E-state index in [4.69, 9.17) is 5.11 Å². The number of nitrogens with zero attached hydrogens (tertiary/aromatic N) is 2. The highest BCUT2D eigenvalue weighted by atomic mass is 16.4. The fourth-order valence-electron chi connectivity index (χ4n) is 7.52. The van der Waals surface area contributed by atoms with Crippen LogP contribution in [0.2, 0.25) is 0 Å². The van der Waals surface area contributed by atoms with E-state index in [-0.39, 0.29) is 66.8 Å². The van der Waals surface area contributed by atoms with Crippen LogP contribution in [-0.4, -0.2) is 88.4 Å². The quantitative estimate of drug-likeness (QED) is 0.350. The fourth-order valence-corrected chi connectivity index (χ4v) is 7.52. The Morgan fingerprint density at radius 1 is 0.854 bits per heavy atom. The highest BCUT2D eigenvalue weighted by Gasteiger charge is 2.46. The first-order valence-electron chi connectivity index (χ1n) is 15.7. The van der Waals surface area contributed by atoms with Gasteiger partial charge in [-0.3, -0.25) is 19.2 Å². The summed E-state index contributed by atoms with van der Waals surface area (Å²) in [6, 6.07) is -0.800. The molecule has 4 aliphatic rings. The number of carbonyl (C=O) groups is 5. The lowest BCUT2D eigenvalue weighted by Crippen LogP contribution is -2.51. The van der Waals surface area contributed by atoms with E-state index in [1.54, 1.807) is 18.9 Å². The van der Waals surface area contributed by atoms with Crippen molar-refractivity contribution in [3.8, 4) is 0 Å². The average molecular weight is 576 g/mol. The smallest absolute Gasteiger partial charge is 0.315 e. The number of carboxylic acids is 1. The van der Waals surface area contributed by atoms with Gasteiger partial charge in [-0.25, -0.2) is 4.79 Å². The first kappa shape index (κ1) is 31.1. The SMILES string of the molecule is CC1CCCCC1NC(=O)NC1CCC(CC(=O)NC2CCC3C(C2)C(=O)N(CCC(=O)O)C(C)C(=O)N3C)CC1. The Morgan fingerprint density at radius 3 is 2.22 bits per heavy atom. The van der Waals surface area contributed by atoms with Gasteiger partial charge in [0, 0.05) is 44.2 Å². The Kier molecular flexibility index (Phi) is 10.5. The molecule has 0 aromatic heterocycles. The van der Waals surface area contributed by atoms with Gasteiger partial charge in [0.25, 0.3) is 0 Å². The van der Waals surface area contributed by atoms with Gasteiger partial charge in [-0.1, -0.05) is 19.8 Å². The molecule has 6 unspecified atom stereocenters. The molecule has 4 fully saturated rings. The van der Waals surface area contributed by atoms with E-state index in [0.717, 1.165) is 38.5 Å². The average Bonchev–Trinajstić information content (AvgIpc) is 2.99. The molecular weight excluding hydrogens is 526 g/mol. The summed E-state index contributed by atoms with van der Waals surface area (Å²) in [5.41, 5.74) is 0. The van der Waals surface area contributed by atoms with Crippen molar-refractivity contribution in [2.45, 2.75) is 128 Å². The summed E-state index contributed by atoms with van der Waals surface area (Å²) in [5, 5.41) is 18.6. The number of urea groups is 1. The zero-order valence-electron chi connectivity index (χ0n) is 24.9. The highest BCUT2D eigenvalue weighted by Crippen LogP contribution is 2.34. The number of carboxylic acid groups (broad SMARTS) is 1. The van der Waals surface area contributed by atoms with Crippen LogP contribution in [0.25, 0.3) is 0 Å². The van der Waals surface area contributed by atoms with Crippen molar-refractivity contribution in [1.29, 1.82) is 0 Å². The monoisotopic (exact) mass is 575 g/mol. The normalized spacial score (nSPS) is 34.3. The number of carbonyl (C=O) groups excluding carboxylic acids is 4. The van der Waals surface area contributed by atoms with Gasteiger partial charge in [0.05, 0.1) is 12.3 Å².